The third-order valence-corrected chi connectivity index (χ3v) is 2.16. The van der Waals surface area contributed by atoms with Gasteiger partial charge in [-0.05, 0) is 13.3 Å². The van der Waals surface area contributed by atoms with Crippen LogP contribution >= 0.6 is 0 Å². The third-order valence-electron chi connectivity index (χ3n) is 2.16. The van der Waals surface area contributed by atoms with E-state index in [2.05, 4.69) is 5.32 Å². The van der Waals surface area contributed by atoms with Gasteiger partial charge in [0, 0.05) is 13.1 Å². The quantitative estimate of drug-likeness (QED) is 0.574. The van der Waals surface area contributed by atoms with Gasteiger partial charge in [0.25, 0.3) is 0 Å². The minimum absolute atomic E-state index is 0.412. The van der Waals surface area contributed by atoms with Crippen LogP contribution < -0.4 is 11.1 Å². The first kappa shape index (κ1) is 15.2. The van der Waals surface area contributed by atoms with Gasteiger partial charge in [-0.25, -0.2) is 9.59 Å². The van der Waals surface area contributed by atoms with Crippen LogP contribution in [0.1, 0.15) is 26.7 Å². The summed E-state index contributed by atoms with van der Waals surface area (Å²) in [5, 5.41) is 11.1. The number of urea groups is 1. The molecular formula is C10H19N3O4. The van der Waals surface area contributed by atoms with Crippen LogP contribution in [-0.2, 0) is 9.59 Å². The molecule has 0 radical (unpaired) electrons. The molecule has 98 valence electrons. The highest BCUT2D eigenvalue weighted by Crippen LogP contribution is 1.97. The van der Waals surface area contributed by atoms with Crippen LogP contribution in [0, 0.1) is 0 Å². The minimum Gasteiger partial charge on any atom is -0.480 e. The zero-order valence-electron chi connectivity index (χ0n) is 10.1. The molecule has 0 heterocycles. The number of carbonyl (C=O) groups is 3. The van der Waals surface area contributed by atoms with E-state index >= 15 is 0 Å². The van der Waals surface area contributed by atoms with E-state index < -0.39 is 30.4 Å². The van der Waals surface area contributed by atoms with Gasteiger partial charge >= 0.3 is 12.0 Å². The maximum atomic E-state index is 11.7. The summed E-state index contributed by atoms with van der Waals surface area (Å²) in [6.45, 7) is 4.71. The van der Waals surface area contributed by atoms with Gasteiger partial charge in [0.1, 0.15) is 6.04 Å². The van der Waals surface area contributed by atoms with E-state index in [0.717, 1.165) is 6.42 Å². The number of hydrogen-bond donors (Lipinski definition) is 3. The van der Waals surface area contributed by atoms with Crippen molar-refractivity contribution in [1.29, 1.82) is 0 Å². The Morgan fingerprint density at radius 1 is 1.35 bits per heavy atom. The molecule has 0 aliphatic rings. The number of carboxylic acids is 1. The largest absolute Gasteiger partial charge is 0.480 e. The fourth-order valence-electron chi connectivity index (χ4n) is 1.31. The van der Waals surface area contributed by atoms with Crippen molar-refractivity contribution in [3.63, 3.8) is 0 Å². The summed E-state index contributed by atoms with van der Waals surface area (Å²) in [7, 11) is 0. The molecule has 0 aromatic heterocycles. The van der Waals surface area contributed by atoms with Crippen molar-refractivity contribution < 1.29 is 19.5 Å². The number of amides is 3. The van der Waals surface area contributed by atoms with Crippen molar-refractivity contribution in [3.05, 3.63) is 0 Å². The average Bonchev–Trinajstić information content (AvgIpc) is 2.23. The molecule has 7 nitrogen and oxygen atoms in total. The zero-order valence-corrected chi connectivity index (χ0v) is 10.1. The van der Waals surface area contributed by atoms with Crippen LogP contribution in [0.4, 0.5) is 4.79 Å². The summed E-state index contributed by atoms with van der Waals surface area (Å²) in [6, 6.07) is -1.77. The lowest BCUT2D eigenvalue weighted by molar-refractivity contribution is -0.140. The van der Waals surface area contributed by atoms with Crippen LogP contribution in [0.3, 0.4) is 0 Å². The average molecular weight is 245 g/mol. The highest BCUT2D eigenvalue weighted by Gasteiger charge is 2.23. The van der Waals surface area contributed by atoms with Gasteiger partial charge in [-0.2, -0.15) is 0 Å². The molecule has 0 aromatic rings. The molecule has 4 N–H and O–H groups in total. The lowest BCUT2D eigenvalue weighted by atomic mass is 10.2. The van der Waals surface area contributed by atoms with E-state index in [0.29, 0.717) is 13.1 Å². The SMILES string of the molecule is CCCN(CC)C(=O)N[C@@H](CC(N)=O)C(=O)O. The van der Waals surface area contributed by atoms with Crippen molar-refractivity contribution in [2.75, 3.05) is 13.1 Å². The lowest BCUT2D eigenvalue weighted by Gasteiger charge is -2.22. The number of nitrogens with one attached hydrogen (secondary N) is 1. The maximum absolute atomic E-state index is 11.7. The molecule has 1 atom stereocenters. The van der Waals surface area contributed by atoms with Crippen molar-refractivity contribution in [2.24, 2.45) is 5.73 Å². The molecule has 0 aromatic carbocycles. The Balaban J connectivity index is 4.47. The molecule has 0 saturated heterocycles. The molecule has 0 unspecified atom stereocenters. The number of carbonyl (C=O) groups excluding carboxylic acids is 2. The van der Waals surface area contributed by atoms with E-state index in [9.17, 15) is 14.4 Å². The van der Waals surface area contributed by atoms with Crippen LogP contribution in [0.15, 0.2) is 0 Å². The molecule has 0 saturated carbocycles. The Morgan fingerprint density at radius 2 is 1.94 bits per heavy atom. The molecule has 0 aliphatic heterocycles. The Hall–Kier alpha value is -1.79. The number of hydrogen-bond acceptors (Lipinski definition) is 3. The number of rotatable bonds is 7. The molecular weight excluding hydrogens is 226 g/mol. The Kier molecular flexibility index (Phi) is 6.69. The summed E-state index contributed by atoms with van der Waals surface area (Å²) < 4.78 is 0. The molecule has 7 heteroatoms. The number of nitrogens with zero attached hydrogens (tertiary/aromatic N) is 1. The first-order chi connectivity index (χ1) is 7.92. The second-order valence-electron chi connectivity index (χ2n) is 3.59. The Morgan fingerprint density at radius 3 is 2.29 bits per heavy atom. The predicted octanol–water partition coefficient (Wildman–Crippen LogP) is -0.243. The van der Waals surface area contributed by atoms with E-state index in [1.807, 2.05) is 6.92 Å². The Bertz CT molecular complexity index is 293. The van der Waals surface area contributed by atoms with Crippen LogP contribution in [0.25, 0.3) is 0 Å². The van der Waals surface area contributed by atoms with Gasteiger partial charge in [0.15, 0.2) is 0 Å². The molecule has 0 bridgehead atoms. The van der Waals surface area contributed by atoms with Crippen molar-refractivity contribution in [3.8, 4) is 0 Å². The number of aliphatic carboxylic acids is 1. The summed E-state index contributed by atoms with van der Waals surface area (Å²) in [5.41, 5.74) is 4.91. The first-order valence-corrected chi connectivity index (χ1v) is 5.48. The van der Waals surface area contributed by atoms with E-state index in [4.69, 9.17) is 10.8 Å². The minimum atomic E-state index is -1.27. The monoisotopic (exact) mass is 245 g/mol. The summed E-state index contributed by atoms with van der Waals surface area (Å²) in [4.78, 5) is 34.6. The van der Waals surface area contributed by atoms with Gasteiger partial charge in [-0.3, -0.25) is 4.79 Å². The molecule has 17 heavy (non-hydrogen) atoms. The van der Waals surface area contributed by atoms with Crippen molar-refractivity contribution >= 4 is 17.9 Å². The van der Waals surface area contributed by atoms with Gasteiger partial charge < -0.3 is 21.1 Å². The first-order valence-electron chi connectivity index (χ1n) is 5.48. The smallest absolute Gasteiger partial charge is 0.326 e. The zero-order chi connectivity index (χ0) is 13.4. The van der Waals surface area contributed by atoms with Crippen molar-refractivity contribution in [2.45, 2.75) is 32.7 Å². The van der Waals surface area contributed by atoms with Gasteiger partial charge in [0.05, 0.1) is 6.42 Å². The topological polar surface area (TPSA) is 113 Å². The molecule has 0 rings (SSSR count). The van der Waals surface area contributed by atoms with E-state index in [1.54, 1.807) is 6.92 Å². The normalized spacial score (nSPS) is 11.6. The molecule has 0 aliphatic carbocycles. The van der Waals surface area contributed by atoms with Crippen LogP contribution in [0.2, 0.25) is 0 Å². The fourth-order valence-corrected chi connectivity index (χ4v) is 1.31. The summed E-state index contributed by atoms with van der Waals surface area (Å²) in [5.74, 6) is -2.04. The predicted molar refractivity (Wildman–Crippen MR) is 61.3 cm³/mol. The standard InChI is InChI=1S/C10H19N3O4/c1-3-5-13(4-2)10(17)12-7(9(15)16)6-8(11)14/h7H,3-6H2,1-2H3,(H2,11,14)(H,12,17)(H,15,16)/t7-/m0/s1. The Labute approximate surface area is 100.0 Å². The number of carboxylic acid groups (broad SMARTS) is 1. The van der Waals surface area contributed by atoms with E-state index in [1.165, 1.54) is 4.90 Å². The summed E-state index contributed by atoms with van der Waals surface area (Å²) in [6.07, 6.45) is 0.361. The lowest BCUT2D eigenvalue weighted by Crippen LogP contribution is -2.49. The van der Waals surface area contributed by atoms with Crippen LogP contribution in [0.5, 0.6) is 0 Å². The highest BCUT2D eigenvalue weighted by atomic mass is 16.4. The molecule has 0 spiro atoms. The molecule has 0 fully saturated rings. The second kappa shape index (κ2) is 7.48. The third kappa shape index (κ3) is 5.74. The number of nitrogens with two attached hydrogens (primary N) is 1. The van der Waals surface area contributed by atoms with Crippen molar-refractivity contribution in [1.82, 2.24) is 10.2 Å². The maximum Gasteiger partial charge on any atom is 0.326 e. The van der Waals surface area contributed by atoms with Gasteiger partial charge in [-0.1, -0.05) is 6.92 Å². The fraction of sp³-hybridized carbons (Fsp3) is 0.700. The highest BCUT2D eigenvalue weighted by molar-refractivity contribution is 5.87. The van der Waals surface area contributed by atoms with Crippen LogP contribution in [-0.4, -0.2) is 47.0 Å². The second-order valence-corrected chi connectivity index (χ2v) is 3.59. The van der Waals surface area contributed by atoms with Gasteiger partial charge in [0.2, 0.25) is 5.91 Å². The van der Waals surface area contributed by atoms with E-state index in [-0.39, 0.29) is 0 Å². The molecule has 3 amide bonds. The van der Waals surface area contributed by atoms with Gasteiger partial charge in [-0.15, -0.1) is 0 Å². The number of primary amides is 1. The summed E-state index contributed by atoms with van der Waals surface area (Å²) >= 11 is 0.